The molecule has 11 heteroatoms. The topological polar surface area (TPSA) is 135 Å². The maximum absolute atomic E-state index is 13.1. The molecule has 0 radical (unpaired) electrons. The Hall–Kier alpha value is -3.78. The van der Waals surface area contributed by atoms with Crippen molar-refractivity contribution in [3.05, 3.63) is 48.3 Å². The molecule has 1 aromatic carbocycles. The van der Waals surface area contributed by atoms with Crippen molar-refractivity contribution in [2.45, 2.75) is 26.7 Å². The number of hydrogen-bond donors (Lipinski definition) is 3. The van der Waals surface area contributed by atoms with E-state index in [0.29, 0.717) is 40.7 Å². The summed E-state index contributed by atoms with van der Waals surface area (Å²) >= 11 is 0. The normalized spacial score (nSPS) is 13.1. The highest BCUT2D eigenvalue weighted by atomic mass is 31.2. The van der Waals surface area contributed by atoms with Gasteiger partial charge in [0, 0.05) is 48.4 Å². The number of nitrogens with zero attached hydrogens (tertiary/aromatic N) is 3. The first-order valence-corrected chi connectivity index (χ1v) is 14.3. The van der Waals surface area contributed by atoms with Gasteiger partial charge in [-0.15, -0.1) is 10.2 Å². The van der Waals surface area contributed by atoms with E-state index in [1.165, 1.54) is 7.05 Å². The molecule has 37 heavy (non-hydrogen) atoms. The fourth-order valence-electron chi connectivity index (χ4n) is 3.99. The van der Waals surface area contributed by atoms with Crippen LogP contribution in [0.5, 0.6) is 5.75 Å². The maximum atomic E-state index is 13.1. The minimum atomic E-state index is -2.44. The molecular weight excluding hydrogens is 491 g/mol. The van der Waals surface area contributed by atoms with E-state index in [1.54, 1.807) is 25.4 Å². The number of pyridine rings is 1. The number of ether oxygens (including phenoxy) is 1. The number of nitrogens with one attached hydrogen (secondary N) is 3. The zero-order valence-electron chi connectivity index (χ0n) is 21.4. The number of benzene rings is 1. The van der Waals surface area contributed by atoms with Crippen molar-refractivity contribution in [1.29, 1.82) is 0 Å². The number of para-hydroxylation sites is 1. The van der Waals surface area contributed by atoms with E-state index in [9.17, 15) is 14.2 Å². The number of rotatable bonds is 10. The van der Waals surface area contributed by atoms with Gasteiger partial charge in [-0.3, -0.25) is 14.6 Å². The first-order chi connectivity index (χ1) is 17.8. The Morgan fingerprint density at radius 2 is 1.84 bits per heavy atom. The molecule has 2 aromatic heterocycles. The average Bonchev–Trinajstić information content (AvgIpc) is 3.78. The summed E-state index contributed by atoms with van der Waals surface area (Å²) in [5, 5.41) is 17.3. The van der Waals surface area contributed by atoms with Crippen LogP contribution in [-0.4, -0.2) is 53.5 Å². The molecule has 2 heterocycles. The van der Waals surface area contributed by atoms with Crippen LogP contribution < -0.4 is 26.0 Å². The van der Waals surface area contributed by atoms with Gasteiger partial charge in [0.25, 0.3) is 5.91 Å². The van der Waals surface area contributed by atoms with Crippen molar-refractivity contribution in [1.82, 2.24) is 20.5 Å². The Morgan fingerprint density at radius 1 is 1.08 bits per heavy atom. The van der Waals surface area contributed by atoms with E-state index >= 15 is 0 Å². The molecular formula is C26H31N6O4P. The van der Waals surface area contributed by atoms with Crippen LogP contribution in [0.25, 0.3) is 11.3 Å². The zero-order valence-corrected chi connectivity index (χ0v) is 22.3. The molecule has 2 amide bonds. The molecule has 0 unspecified atom stereocenters. The first-order valence-electron chi connectivity index (χ1n) is 12.2. The van der Waals surface area contributed by atoms with Gasteiger partial charge in [0.15, 0.2) is 17.3 Å². The predicted molar refractivity (Wildman–Crippen MR) is 145 cm³/mol. The summed E-state index contributed by atoms with van der Waals surface area (Å²) in [5.74, 6) is 0.198. The van der Waals surface area contributed by atoms with E-state index in [-0.39, 0.29) is 23.3 Å². The Balaban J connectivity index is 1.69. The number of methoxy groups -OCH3 is 1. The molecule has 1 aliphatic rings. The minimum absolute atomic E-state index is 0.00366. The van der Waals surface area contributed by atoms with Crippen molar-refractivity contribution in [3.8, 4) is 17.0 Å². The summed E-state index contributed by atoms with van der Waals surface area (Å²) in [6, 6.07) is 10.8. The van der Waals surface area contributed by atoms with Gasteiger partial charge in [0.1, 0.15) is 7.14 Å². The number of anilines is 3. The third-order valence-electron chi connectivity index (χ3n) is 6.44. The standard InChI is InChI=1S/C26H31N6O4P/c1-5-37(35,6-2)17-12-13-19(28-15-17)18-8-7-9-20(24(18)36-4)29-21-14-22(30-25(33)16-10-11-16)31-32-23(21)26(34)27-3/h7-9,12-16H,5-6,10-11H2,1-4H3,(H,27,34)(H2,29,30,31,33). The average molecular weight is 523 g/mol. The van der Waals surface area contributed by atoms with Crippen molar-refractivity contribution in [2.24, 2.45) is 5.92 Å². The highest BCUT2D eigenvalue weighted by Gasteiger charge is 2.30. The maximum Gasteiger partial charge on any atom is 0.273 e. The van der Waals surface area contributed by atoms with Crippen LogP contribution in [0.2, 0.25) is 0 Å². The van der Waals surface area contributed by atoms with Crippen LogP contribution in [0.4, 0.5) is 17.2 Å². The van der Waals surface area contributed by atoms with Gasteiger partial charge >= 0.3 is 0 Å². The van der Waals surface area contributed by atoms with Crippen molar-refractivity contribution < 1.29 is 18.9 Å². The fraction of sp³-hybridized carbons (Fsp3) is 0.346. The number of aromatic nitrogens is 3. The van der Waals surface area contributed by atoms with Gasteiger partial charge in [-0.05, 0) is 37.1 Å². The number of amides is 2. The lowest BCUT2D eigenvalue weighted by Gasteiger charge is -2.17. The molecule has 0 saturated heterocycles. The number of carbonyl (C=O) groups excluding carboxylic acids is 2. The zero-order chi connectivity index (χ0) is 26.6. The molecule has 0 bridgehead atoms. The molecule has 1 aliphatic carbocycles. The molecule has 0 spiro atoms. The Bertz CT molecular complexity index is 1350. The van der Waals surface area contributed by atoms with E-state index < -0.39 is 13.0 Å². The second-order valence-electron chi connectivity index (χ2n) is 8.77. The lowest BCUT2D eigenvalue weighted by Crippen LogP contribution is -2.22. The Labute approximate surface area is 216 Å². The molecule has 194 valence electrons. The summed E-state index contributed by atoms with van der Waals surface area (Å²) in [6.07, 6.45) is 4.56. The second-order valence-corrected chi connectivity index (χ2v) is 12.3. The Kier molecular flexibility index (Phi) is 7.88. The number of carbonyl (C=O) groups is 2. The molecule has 0 atom stereocenters. The fourth-order valence-corrected chi connectivity index (χ4v) is 5.78. The van der Waals surface area contributed by atoms with E-state index in [1.807, 2.05) is 38.1 Å². The monoisotopic (exact) mass is 522 g/mol. The minimum Gasteiger partial charge on any atom is -0.494 e. The van der Waals surface area contributed by atoms with Crippen LogP contribution in [0.1, 0.15) is 37.2 Å². The highest BCUT2D eigenvalue weighted by Crippen LogP contribution is 2.44. The third-order valence-corrected chi connectivity index (χ3v) is 9.69. The first kappa shape index (κ1) is 26.3. The quantitative estimate of drug-likeness (QED) is 0.340. The van der Waals surface area contributed by atoms with Crippen LogP contribution >= 0.6 is 7.14 Å². The van der Waals surface area contributed by atoms with E-state index in [4.69, 9.17) is 4.74 Å². The summed E-state index contributed by atoms with van der Waals surface area (Å²) in [6.45, 7) is 3.86. The predicted octanol–water partition coefficient (Wildman–Crippen LogP) is 4.03. The van der Waals surface area contributed by atoms with Crippen LogP contribution in [0.3, 0.4) is 0 Å². The highest BCUT2D eigenvalue weighted by molar-refractivity contribution is 7.71. The molecule has 3 N–H and O–H groups in total. The van der Waals surface area contributed by atoms with Crippen molar-refractivity contribution >= 4 is 41.5 Å². The van der Waals surface area contributed by atoms with Gasteiger partial charge < -0.3 is 25.3 Å². The summed E-state index contributed by atoms with van der Waals surface area (Å²) in [5.41, 5.74) is 2.35. The SMILES string of the molecule is CCP(=O)(CC)c1ccc(-c2cccc(Nc3cc(NC(=O)C4CC4)nnc3C(=O)NC)c2OC)nc1. The summed E-state index contributed by atoms with van der Waals surface area (Å²) < 4.78 is 18.8. The number of hydrogen-bond acceptors (Lipinski definition) is 8. The van der Waals surface area contributed by atoms with Crippen LogP contribution in [-0.2, 0) is 9.36 Å². The molecule has 4 rings (SSSR count). The van der Waals surface area contributed by atoms with Crippen molar-refractivity contribution in [3.63, 3.8) is 0 Å². The molecule has 10 nitrogen and oxygen atoms in total. The van der Waals surface area contributed by atoms with Crippen LogP contribution in [0, 0.1) is 5.92 Å². The van der Waals surface area contributed by atoms with Crippen molar-refractivity contribution in [2.75, 3.05) is 37.1 Å². The molecule has 0 aliphatic heterocycles. The van der Waals surface area contributed by atoms with Crippen LogP contribution in [0.15, 0.2) is 42.6 Å². The molecule has 1 fully saturated rings. The van der Waals surface area contributed by atoms with Gasteiger partial charge in [0.05, 0.1) is 24.2 Å². The molecule has 1 saturated carbocycles. The lowest BCUT2D eigenvalue weighted by atomic mass is 10.1. The van der Waals surface area contributed by atoms with Gasteiger partial charge in [0.2, 0.25) is 5.91 Å². The van der Waals surface area contributed by atoms with Gasteiger partial charge in [-0.1, -0.05) is 19.9 Å². The smallest absolute Gasteiger partial charge is 0.273 e. The summed E-state index contributed by atoms with van der Waals surface area (Å²) in [7, 11) is 0.610. The molecule has 3 aromatic rings. The third kappa shape index (κ3) is 5.64. The van der Waals surface area contributed by atoms with E-state index in [0.717, 1.165) is 18.1 Å². The Morgan fingerprint density at radius 3 is 2.43 bits per heavy atom. The van der Waals surface area contributed by atoms with Gasteiger partial charge in [-0.25, -0.2) is 0 Å². The lowest BCUT2D eigenvalue weighted by molar-refractivity contribution is -0.117. The van der Waals surface area contributed by atoms with E-state index in [2.05, 4.69) is 31.1 Å². The van der Waals surface area contributed by atoms with Gasteiger partial charge in [-0.2, -0.15) is 0 Å². The largest absolute Gasteiger partial charge is 0.494 e. The second kappa shape index (κ2) is 11.1. The summed E-state index contributed by atoms with van der Waals surface area (Å²) in [4.78, 5) is 29.3.